The highest BCUT2D eigenvalue weighted by Gasteiger charge is 2.07. The molecule has 0 spiro atoms. The molecule has 2 aromatic rings. The first kappa shape index (κ1) is 24.8. The fourth-order valence-electron chi connectivity index (χ4n) is 2.45. The minimum Gasteiger partial charge on any atom is -0.256 e. The van der Waals surface area contributed by atoms with Crippen LogP contribution >= 0.6 is 15.9 Å². The van der Waals surface area contributed by atoms with E-state index in [1.54, 1.807) is 24.4 Å². The van der Waals surface area contributed by atoms with Crippen LogP contribution < -0.4 is 0 Å². The van der Waals surface area contributed by atoms with Crippen molar-refractivity contribution in [1.82, 2.24) is 9.97 Å². The van der Waals surface area contributed by atoms with Crippen molar-refractivity contribution in [2.75, 3.05) is 0 Å². The first-order valence-electron chi connectivity index (χ1n) is 9.59. The molecule has 0 N–H and O–H groups in total. The zero-order valence-electron chi connectivity index (χ0n) is 17.5. The topological polar surface area (TPSA) is 25.8 Å². The summed E-state index contributed by atoms with van der Waals surface area (Å²) in [7, 11) is 0. The van der Waals surface area contributed by atoms with Gasteiger partial charge in [-0.05, 0) is 84.9 Å². The molecule has 0 bridgehead atoms. The molecule has 0 unspecified atom stereocenters. The summed E-state index contributed by atoms with van der Waals surface area (Å²) in [5, 5.41) is 0. The van der Waals surface area contributed by atoms with E-state index in [9.17, 15) is 0 Å². The predicted octanol–water partition coefficient (Wildman–Crippen LogP) is 8.85. The third kappa shape index (κ3) is 10.2. The molecule has 0 amide bonds. The maximum absolute atomic E-state index is 7.32. The molecule has 2 aliphatic carbocycles. The van der Waals surface area contributed by atoms with E-state index in [4.69, 9.17) is 2.74 Å². The van der Waals surface area contributed by atoms with Gasteiger partial charge < -0.3 is 0 Å². The molecule has 0 aliphatic heterocycles. The molecule has 3 heteroatoms. The molecule has 2 aromatic heterocycles. The monoisotopic (exact) mass is 460 g/mol. The van der Waals surface area contributed by atoms with E-state index in [0.29, 0.717) is 12.1 Å². The van der Waals surface area contributed by atoms with Gasteiger partial charge in [0.05, 0.1) is 8.44 Å². The molecular formula is C26H37BrN2. The Morgan fingerprint density at radius 2 is 1.28 bits per heavy atom. The van der Waals surface area contributed by atoms with E-state index >= 15 is 0 Å². The molecular weight excluding hydrogens is 420 g/mol. The van der Waals surface area contributed by atoms with Crippen LogP contribution in [0.4, 0.5) is 0 Å². The molecule has 0 radical (unpaired) electrons. The highest BCUT2D eigenvalue weighted by molar-refractivity contribution is 9.10. The molecule has 0 saturated carbocycles. The Kier molecular flexibility index (Phi) is 13.4. The zero-order chi connectivity index (χ0) is 20.5. The summed E-state index contributed by atoms with van der Waals surface area (Å²) in [6.07, 6.45) is 14.1. The second-order valence-corrected chi connectivity index (χ2v) is 6.79. The predicted molar refractivity (Wildman–Crippen MR) is 135 cm³/mol. The third-order valence-corrected chi connectivity index (χ3v) is 4.58. The maximum Gasteiger partial charge on any atom is 0.106 e. The number of hydrogen-bond acceptors (Lipinski definition) is 2. The Morgan fingerprint density at radius 1 is 0.759 bits per heavy atom. The number of hydrogen-bond donors (Lipinski definition) is 0. The van der Waals surface area contributed by atoms with Gasteiger partial charge in [0, 0.05) is 12.4 Å². The van der Waals surface area contributed by atoms with Gasteiger partial charge in [-0.2, -0.15) is 0 Å². The summed E-state index contributed by atoms with van der Waals surface area (Å²) < 4.78 is 15.1. The minimum atomic E-state index is 0. The Hall–Kier alpha value is -2.26. The van der Waals surface area contributed by atoms with Gasteiger partial charge in [0.25, 0.3) is 0 Å². The van der Waals surface area contributed by atoms with Crippen LogP contribution in [0.5, 0.6) is 0 Å². The number of nitrogens with zero attached hydrogens (tertiary/aromatic N) is 2. The molecule has 0 atom stereocenters. The van der Waals surface area contributed by atoms with Crippen molar-refractivity contribution in [2.45, 2.75) is 55.9 Å². The van der Waals surface area contributed by atoms with Crippen LogP contribution in [0.1, 0.15) is 64.3 Å². The number of halogens is 1. The van der Waals surface area contributed by atoms with Crippen molar-refractivity contribution >= 4 is 21.5 Å². The summed E-state index contributed by atoms with van der Waals surface area (Å²) >= 11 is 3.15. The van der Waals surface area contributed by atoms with Gasteiger partial charge >= 0.3 is 0 Å². The Bertz CT molecular complexity index is 872. The van der Waals surface area contributed by atoms with Crippen LogP contribution in [-0.2, 0) is 0 Å². The van der Waals surface area contributed by atoms with Crippen molar-refractivity contribution in [1.29, 1.82) is 0 Å². The average molecular weight is 462 g/mol. The standard InChI is InChI=1S/C11H11N.C7H10.C5H4BrN.3CH4/c1-9-5-4-6-10(9)11-7-2-3-8-12-11;1-6-4-3-5-7(6)2;6-5-3-1-2-4-7-5;;;/h2-3,5-8H,4H2,1H3;4-5H,3H2,1-2H3;1-4H;3*1H4/i3T;;2T;;;. The quantitative estimate of drug-likeness (QED) is 0.396. The lowest BCUT2D eigenvalue weighted by Crippen LogP contribution is -1.86. The lowest BCUT2D eigenvalue weighted by molar-refractivity contribution is 1.27. The Labute approximate surface area is 190 Å². The average Bonchev–Trinajstić information content (AvgIpc) is 3.27. The van der Waals surface area contributed by atoms with Gasteiger partial charge in [0.2, 0.25) is 0 Å². The van der Waals surface area contributed by atoms with Crippen LogP contribution in [0.3, 0.4) is 0 Å². The summed E-state index contributed by atoms with van der Waals surface area (Å²) in [6.45, 7) is 6.40. The molecule has 4 rings (SSSR count). The van der Waals surface area contributed by atoms with E-state index in [2.05, 4.69) is 71.0 Å². The molecule has 0 aromatic carbocycles. The minimum absolute atomic E-state index is 0. The normalized spacial score (nSPS) is 14.2. The van der Waals surface area contributed by atoms with E-state index < -0.39 is 0 Å². The smallest absolute Gasteiger partial charge is 0.106 e. The molecule has 29 heavy (non-hydrogen) atoms. The lowest BCUT2D eigenvalue weighted by Gasteiger charge is -2.01. The van der Waals surface area contributed by atoms with E-state index in [1.165, 1.54) is 28.5 Å². The SMILES string of the molecule is C.C.C.CC1=CCC=C1C.[3H]c1ccc(Br)nc1.[3H]c1ccc(C2=CCC=C2C)nc1. The molecule has 158 valence electrons. The van der Waals surface area contributed by atoms with Crippen molar-refractivity contribution < 1.29 is 2.74 Å². The fourth-order valence-corrected chi connectivity index (χ4v) is 2.68. The van der Waals surface area contributed by atoms with E-state index in [1.807, 2.05) is 6.07 Å². The number of aromatic nitrogens is 2. The summed E-state index contributed by atoms with van der Waals surface area (Å²) in [5.41, 5.74) is 6.35. The third-order valence-electron chi connectivity index (χ3n) is 4.11. The second kappa shape index (κ2) is 15.6. The Balaban J connectivity index is 0. The molecule has 0 fully saturated rings. The van der Waals surface area contributed by atoms with E-state index in [-0.39, 0.29) is 22.3 Å². The Morgan fingerprint density at radius 3 is 1.62 bits per heavy atom. The largest absolute Gasteiger partial charge is 0.256 e. The number of rotatable bonds is 1. The van der Waals surface area contributed by atoms with Crippen LogP contribution in [0, 0.1) is 0 Å². The summed E-state index contributed by atoms with van der Waals surface area (Å²) in [5.74, 6) is 0. The van der Waals surface area contributed by atoms with Crippen molar-refractivity contribution in [3.63, 3.8) is 0 Å². The lowest BCUT2D eigenvalue weighted by atomic mass is 10.1. The van der Waals surface area contributed by atoms with Gasteiger partial charge in [-0.25, -0.2) is 4.98 Å². The molecule has 2 nitrogen and oxygen atoms in total. The molecule has 0 saturated heterocycles. The molecule has 2 aliphatic rings. The van der Waals surface area contributed by atoms with Crippen LogP contribution in [-0.4, -0.2) is 9.97 Å². The number of pyridine rings is 2. The van der Waals surface area contributed by atoms with Crippen molar-refractivity contribution in [3.8, 4) is 0 Å². The van der Waals surface area contributed by atoms with Crippen LogP contribution in [0.15, 0.2) is 94.4 Å². The zero-order valence-corrected chi connectivity index (χ0v) is 17.0. The fraction of sp³-hybridized carbons (Fsp3) is 0.308. The van der Waals surface area contributed by atoms with Gasteiger partial charge in [-0.1, -0.05) is 69.9 Å². The highest BCUT2D eigenvalue weighted by atomic mass is 79.9. The molecule has 2 heterocycles. The maximum atomic E-state index is 7.32. The van der Waals surface area contributed by atoms with Crippen molar-refractivity contribution in [3.05, 3.63) is 100 Å². The van der Waals surface area contributed by atoms with Crippen molar-refractivity contribution in [2.24, 2.45) is 0 Å². The summed E-state index contributed by atoms with van der Waals surface area (Å²) in [4.78, 5) is 8.02. The number of allylic oxidation sites excluding steroid dienone is 8. The van der Waals surface area contributed by atoms with Crippen LogP contribution in [0.2, 0.25) is 0 Å². The van der Waals surface area contributed by atoms with Gasteiger partial charge in [0.15, 0.2) is 0 Å². The van der Waals surface area contributed by atoms with Gasteiger partial charge in [-0.3, -0.25) is 4.98 Å². The van der Waals surface area contributed by atoms with Gasteiger partial charge in [-0.15, -0.1) is 0 Å². The highest BCUT2D eigenvalue weighted by Crippen LogP contribution is 2.26. The first-order valence-corrected chi connectivity index (χ1v) is 9.38. The van der Waals surface area contributed by atoms with Gasteiger partial charge in [0.1, 0.15) is 4.60 Å². The van der Waals surface area contributed by atoms with Crippen LogP contribution in [0.25, 0.3) is 5.57 Å². The summed E-state index contributed by atoms with van der Waals surface area (Å²) in [6, 6.07) is 7.99. The van der Waals surface area contributed by atoms with E-state index in [0.717, 1.165) is 23.1 Å². The first-order chi connectivity index (χ1) is 13.4. The second-order valence-electron chi connectivity index (χ2n) is 5.97.